The van der Waals surface area contributed by atoms with Crippen molar-refractivity contribution in [1.29, 1.82) is 0 Å². The first kappa shape index (κ1) is 16.0. The monoisotopic (exact) mass is 348 g/mol. The van der Waals surface area contributed by atoms with Crippen molar-refractivity contribution < 1.29 is 4.74 Å². The molecule has 3 nitrogen and oxygen atoms in total. The summed E-state index contributed by atoms with van der Waals surface area (Å²) in [5, 5.41) is 0. The van der Waals surface area contributed by atoms with Gasteiger partial charge in [0.15, 0.2) is 0 Å². The Morgan fingerprint density at radius 3 is 2.33 bits per heavy atom. The number of benzene rings is 2. The molecule has 2 rings (SSSR count). The highest BCUT2D eigenvalue weighted by atomic mass is 79.9. The molecule has 0 aliphatic carbocycles. The van der Waals surface area contributed by atoms with Crippen molar-refractivity contribution in [3.63, 3.8) is 0 Å². The number of nitrogens with one attached hydrogen (secondary N) is 1. The molecular weight excluding hydrogens is 328 g/mol. The van der Waals surface area contributed by atoms with Gasteiger partial charge in [0.25, 0.3) is 0 Å². The lowest BCUT2D eigenvalue weighted by Crippen LogP contribution is -2.29. The van der Waals surface area contributed by atoms with Gasteiger partial charge in [-0.2, -0.15) is 0 Å². The van der Waals surface area contributed by atoms with Gasteiger partial charge in [0.05, 0.1) is 13.2 Å². The van der Waals surface area contributed by atoms with Crippen LogP contribution in [0.4, 0.5) is 0 Å². The van der Waals surface area contributed by atoms with Crippen LogP contribution in [0.1, 0.15) is 33.9 Å². The van der Waals surface area contributed by atoms with Crippen molar-refractivity contribution in [2.24, 2.45) is 5.84 Å². The van der Waals surface area contributed by atoms with E-state index in [4.69, 9.17) is 10.6 Å². The van der Waals surface area contributed by atoms with E-state index in [9.17, 15) is 0 Å². The van der Waals surface area contributed by atoms with Crippen LogP contribution >= 0.6 is 15.9 Å². The second kappa shape index (κ2) is 6.60. The van der Waals surface area contributed by atoms with Crippen molar-refractivity contribution in [1.82, 2.24) is 5.43 Å². The topological polar surface area (TPSA) is 47.3 Å². The number of halogens is 1. The highest BCUT2D eigenvalue weighted by molar-refractivity contribution is 9.10. The van der Waals surface area contributed by atoms with Crippen LogP contribution in [0.25, 0.3) is 0 Å². The van der Waals surface area contributed by atoms with E-state index >= 15 is 0 Å². The molecule has 1 unspecified atom stereocenters. The normalized spacial score (nSPS) is 12.3. The van der Waals surface area contributed by atoms with E-state index < -0.39 is 0 Å². The summed E-state index contributed by atoms with van der Waals surface area (Å²) in [6, 6.07) is 10.4. The molecule has 4 heteroatoms. The van der Waals surface area contributed by atoms with Crippen molar-refractivity contribution in [2.45, 2.75) is 26.8 Å². The molecular formula is C17H21BrN2O. The summed E-state index contributed by atoms with van der Waals surface area (Å²) in [6.45, 7) is 6.19. The number of hydrogen-bond acceptors (Lipinski definition) is 3. The number of aryl methyl sites for hydroxylation is 3. The average molecular weight is 349 g/mol. The molecule has 2 aromatic rings. The quantitative estimate of drug-likeness (QED) is 0.649. The molecule has 0 aliphatic heterocycles. The predicted molar refractivity (Wildman–Crippen MR) is 90.5 cm³/mol. The molecule has 2 aromatic carbocycles. The molecule has 1 atom stereocenters. The van der Waals surface area contributed by atoms with Gasteiger partial charge < -0.3 is 4.74 Å². The van der Waals surface area contributed by atoms with Crippen LogP contribution in [-0.4, -0.2) is 7.11 Å². The number of ether oxygens (including phenoxy) is 1. The first-order valence-electron chi connectivity index (χ1n) is 6.85. The van der Waals surface area contributed by atoms with Crippen molar-refractivity contribution in [2.75, 3.05) is 7.11 Å². The Morgan fingerprint density at radius 2 is 1.76 bits per heavy atom. The van der Waals surface area contributed by atoms with Crippen LogP contribution in [0, 0.1) is 20.8 Å². The van der Waals surface area contributed by atoms with Crippen molar-refractivity contribution >= 4 is 15.9 Å². The standard InChI is InChI=1S/C17H21BrN2O/c1-10-5-6-13(15(18)7-10)17(20-19)14-8-12(3)16(21-4)9-11(14)2/h5-9,17,20H,19H2,1-4H3. The number of rotatable bonds is 4. The maximum atomic E-state index is 5.83. The zero-order valence-corrected chi connectivity index (χ0v) is 14.4. The van der Waals surface area contributed by atoms with Gasteiger partial charge in [-0.15, -0.1) is 0 Å². The lowest BCUT2D eigenvalue weighted by molar-refractivity contribution is 0.411. The molecule has 112 valence electrons. The van der Waals surface area contributed by atoms with Gasteiger partial charge in [-0.25, -0.2) is 5.43 Å². The Morgan fingerprint density at radius 1 is 1.05 bits per heavy atom. The minimum atomic E-state index is -0.0652. The first-order valence-corrected chi connectivity index (χ1v) is 7.64. The van der Waals surface area contributed by atoms with E-state index in [-0.39, 0.29) is 6.04 Å². The van der Waals surface area contributed by atoms with Crippen LogP contribution in [0.3, 0.4) is 0 Å². The Hall–Kier alpha value is -1.36. The third kappa shape index (κ3) is 3.28. The molecule has 0 bridgehead atoms. The van der Waals surface area contributed by atoms with Crippen LogP contribution in [0.5, 0.6) is 5.75 Å². The van der Waals surface area contributed by atoms with Crippen molar-refractivity contribution in [3.8, 4) is 5.75 Å². The third-order valence-electron chi connectivity index (χ3n) is 3.73. The van der Waals surface area contributed by atoms with Gasteiger partial charge in [0.1, 0.15) is 5.75 Å². The van der Waals surface area contributed by atoms with Crippen molar-refractivity contribution in [3.05, 3.63) is 62.6 Å². The molecule has 0 aliphatic rings. The lowest BCUT2D eigenvalue weighted by Gasteiger charge is -2.22. The van der Waals surface area contributed by atoms with Crippen LogP contribution in [0.2, 0.25) is 0 Å². The summed E-state index contributed by atoms with van der Waals surface area (Å²) in [6.07, 6.45) is 0. The number of methoxy groups -OCH3 is 1. The molecule has 0 radical (unpaired) electrons. The van der Waals surface area contributed by atoms with Crippen LogP contribution in [0.15, 0.2) is 34.8 Å². The molecule has 0 saturated carbocycles. The minimum absolute atomic E-state index is 0.0652. The maximum absolute atomic E-state index is 5.83. The molecule has 21 heavy (non-hydrogen) atoms. The first-order chi connectivity index (χ1) is 9.97. The summed E-state index contributed by atoms with van der Waals surface area (Å²) in [7, 11) is 1.69. The maximum Gasteiger partial charge on any atom is 0.122 e. The predicted octanol–water partition coefficient (Wildman–Crippen LogP) is 3.94. The fraction of sp³-hybridized carbons (Fsp3) is 0.294. The number of hydrogen-bond donors (Lipinski definition) is 2. The summed E-state index contributed by atoms with van der Waals surface area (Å²) in [5.74, 6) is 6.73. The average Bonchev–Trinajstić information content (AvgIpc) is 2.45. The van der Waals surface area contributed by atoms with Gasteiger partial charge >= 0.3 is 0 Å². The fourth-order valence-corrected chi connectivity index (χ4v) is 3.28. The van der Waals surface area contributed by atoms with E-state index in [1.165, 1.54) is 5.56 Å². The van der Waals surface area contributed by atoms with E-state index in [0.717, 1.165) is 32.5 Å². The van der Waals surface area contributed by atoms with E-state index in [0.29, 0.717) is 0 Å². The molecule has 0 spiro atoms. The van der Waals surface area contributed by atoms with Crippen LogP contribution in [-0.2, 0) is 0 Å². The summed E-state index contributed by atoms with van der Waals surface area (Å²) in [4.78, 5) is 0. The zero-order valence-electron chi connectivity index (χ0n) is 12.8. The third-order valence-corrected chi connectivity index (χ3v) is 4.41. The fourth-order valence-electron chi connectivity index (χ4n) is 2.56. The lowest BCUT2D eigenvalue weighted by atomic mass is 9.93. The summed E-state index contributed by atoms with van der Waals surface area (Å²) < 4.78 is 6.43. The van der Waals surface area contributed by atoms with E-state index in [2.05, 4.69) is 65.5 Å². The summed E-state index contributed by atoms with van der Waals surface area (Å²) in [5.41, 5.74) is 8.66. The van der Waals surface area contributed by atoms with Gasteiger partial charge in [-0.05, 0) is 60.7 Å². The second-order valence-electron chi connectivity index (χ2n) is 5.30. The minimum Gasteiger partial charge on any atom is -0.496 e. The molecule has 0 aromatic heterocycles. The molecule has 0 amide bonds. The van der Waals surface area contributed by atoms with Gasteiger partial charge in [0, 0.05) is 4.47 Å². The molecule has 0 saturated heterocycles. The number of hydrazine groups is 1. The van der Waals surface area contributed by atoms with Gasteiger partial charge in [-0.3, -0.25) is 5.84 Å². The van der Waals surface area contributed by atoms with E-state index in [1.807, 2.05) is 6.92 Å². The Labute approximate surface area is 134 Å². The second-order valence-corrected chi connectivity index (χ2v) is 6.16. The largest absolute Gasteiger partial charge is 0.496 e. The highest BCUT2D eigenvalue weighted by Gasteiger charge is 2.18. The van der Waals surface area contributed by atoms with Gasteiger partial charge in [0.2, 0.25) is 0 Å². The Bertz CT molecular complexity index is 655. The number of nitrogens with two attached hydrogens (primary N) is 1. The van der Waals surface area contributed by atoms with Gasteiger partial charge in [-0.1, -0.05) is 34.1 Å². The molecule has 0 fully saturated rings. The summed E-state index contributed by atoms with van der Waals surface area (Å²) >= 11 is 3.64. The van der Waals surface area contributed by atoms with E-state index in [1.54, 1.807) is 7.11 Å². The molecule has 0 heterocycles. The molecule has 3 N–H and O–H groups in total. The zero-order chi connectivity index (χ0) is 15.6. The Kier molecular flexibility index (Phi) is 5.04. The highest BCUT2D eigenvalue weighted by Crippen LogP contribution is 2.33. The van der Waals surface area contributed by atoms with Crippen LogP contribution < -0.4 is 16.0 Å². The Balaban J connectivity index is 2.53. The SMILES string of the molecule is COc1cc(C)c(C(NN)c2ccc(C)cc2Br)cc1C. The smallest absolute Gasteiger partial charge is 0.122 e.